The number of amides is 3. The molecule has 1 heterocycles. The molecule has 1 saturated carbocycles. The van der Waals surface area contributed by atoms with Crippen molar-refractivity contribution in [3.05, 3.63) is 42.0 Å². The lowest BCUT2D eigenvalue weighted by Gasteiger charge is -2.18. The van der Waals surface area contributed by atoms with Crippen molar-refractivity contribution in [3.8, 4) is 5.75 Å². The number of fused-ring (bicyclic) bond motifs is 5. The Morgan fingerprint density at radius 1 is 1.12 bits per heavy atom. The van der Waals surface area contributed by atoms with Crippen LogP contribution in [0.3, 0.4) is 0 Å². The van der Waals surface area contributed by atoms with Crippen molar-refractivity contribution >= 4 is 17.7 Å². The second-order valence-corrected chi connectivity index (χ2v) is 6.41. The molecule has 1 aliphatic heterocycles. The van der Waals surface area contributed by atoms with Crippen LogP contribution in [0.4, 0.5) is 0 Å². The van der Waals surface area contributed by atoms with E-state index in [4.69, 9.17) is 4.74 Å². The molecule has 0 aromatic heterocycles. The van der Waals surface area contributed by atoms with Gasteiger partial charge in [-0.2, -0.15) is 5.01 Å². The molecule has 3 aliphatic rings. The molecule has 24 heavy (non-hydrogen) atoms. The second-order valence-electron chi connectivity index (χ2n) is 6.41. The molecule has 0 unspecified atom stereocenters. The highest BCUT2D eigenvalue weighted by atomic mass is 16.5. The monoisotopic (exact) mass is 326 g/mol. The summed E-state index contributed by atoms with van der Waals surface area (Å²) in [4.78, 5) is 37.4. The standard InChI is InChI=1S/C18H18N2O4/c1-2-24-13-7-5-10(6-8-13)16(21)19-20-17(22)14-11-3-4-12(9-11)15(14)18(20)23/h3-8,11-12,14-15H,2,9H2,1H3,(H,19,21)/t11-,12-,14+,15+/m0/s1. The van der Waals surface area contributed by atoms with Gasteiger partial charge in [-0.05, 0) is 49.4 Å². The predicted octanol–water partition coefficient (Wildman–Crippen LogP) is 1.54. The lowest BCUT2D eigenvalue weighted by Crippen LogP contribution is -2.47. The van der Waals surface area contributed by atoms with E-state index in [1.807, 2.05) is 19.1 Å². The molecule has 6 heteroatoms. The van der Waals surface area contributed by atoms with Gasteiger partial charge in [-0.3, -0.25) is 19.8 Å². The van der Waals surface area contributed by atoms with E-state index >= 15 is 0 Å². The third kappa shape index (κ3) is 2.13. The molecule has 3 amide bonds. The van der Waals surface area contributed by atoms with E-state index in [9.17, 15) is 14.4 Å². The number of imide groups is 1. The summed E-state index contributed by atoms with van der Waals surface area (Å²) in [5.74, 6) is -0.754. The molecule has 1 saturated heterocycles. The van der Waals surface area contributed by atoms with E-state index in [1.165, 1.54) is 0 Å². The highest BCUT2D eigenvalue weighted by molar-refractivity contribution is 6.08. The van der Waals surface area contributed by atoms with Crippen LogP contribution >= 0.6 is 0 Å². The second kappa shape index (κ2) is 5.47. The largest absolute Gasteiger partial charge is 0.494 e. The molecule has 2 aliphatic carbocycles. The van der Waals surface area contributed by atoms with Crippen molar-refractivity contribution in [1.29, 1.82) is 0 Å². The highest BCUT2D eigenvalue weighted by Crippen LogP contribution is 2.52. The van der Waals surface area contributed by atoms with Crippen molar-refractivity contribution in [2.45, 2.75) is 13.3 Å². The van der Waals surface area contributed by atoms with E-state index < -0.39 is 5.91 Å². The molecule has 4 atom stereocenters. The minimum Gasteiger partial charge on any atom is -0.494 e. The molecule has 0 spiro atoms. The van der Waals surface area contributed by atoms with E-state index in [-0.39, 0.29) is 35.5 Å². The third-order valence-electron chi connectivity index (χ3n) is 5.11. The molecular weight excluding hydrogens is 308 g/mol. The Balaban J connectivity index is 1.48. The summed E-state index contributed by atoms with van der Waals surface area (Å²) in [6.45, 7) is 2.42. The van der Waals surface area contributed by atoms with Gasteiger partial charge in [0.2, 0.25) is 0 Å². The van der Waals surface area contributed by atoms with E-state index in [1.54, 1.807) is 24.3 Å². The van der Waals surface area contributed by atoms with Crippen LogP contribution in [0.25, 0.3) is 0 Å². The number of carbonyl (C=O) groups excluding carboxylic acids is 3. The smallest absolute Gasteiger partial charge is 0.270 e. The Kier molecular flexibility index (Phi) is 3.40. The fraction of sp³-hybridized carbons (Fsp3) is 0.389. The summed E-state index contributed by atoms with van der Waals surface area (Å²) in [6, 6.07) is 6.59. The van der Waals surface area contributed by atoms with Crippen LogP contribution in [-0.4, -0.2) is 29.3 Å². The number of hydrogen-bond donors (Lipinski definition) is 1. The minimum absolute atomic E-state index is 0.129. The summed E-state index contributed by atoms with van der Waals surface area (Å²) in [5.41, 5.74) is 2.84. The first-order valence-corrected chi connectivity index (χ1v) is 8.20. The maximum atomic E-state index is 12.5. The molecular formula is C18H18N2O4. The Morgan fingerprint density at radius 3 is 2.25 bits per heavy atom. The van der Waals surface area contributed by atoms with Gasteiger partial charge in [0.25, 0.3) is 17.7 Å². The van der Waals surface area contributed by atoms with Gasteiger partial charge in [0, 0.05) is 5.56 Å². The minimum atomic E-state index is -0.472. The average molecular weight is 326 g/mol. The van der Waals surface area contributed by atoms with E-state index in [0.29, 0.717) is 17.9 Å². The zero-order chi connectivity index (χ0) is 16.8. The van der Waals surface area contributed by atoms with Crippen molar-refractivity contribution in [3.63, 3.8) is 0 Å². The van der Waals surface area contributed by atoms with Gasteiger partial charge in [0.05, 0.1) is 18.4 Å². The lowest BCUT2D eigenvalue weighted by atomic mass is 9.85. The maximum absolute atomic E-state index is 12.5. The molecule has 124 valence electrons. The number of nitrogens with one attached hydrogen (secondary N) is 1. The van der Waals surface area contributed by atoms with E-state index in [2.05, 4.69) is 5.43 Å². The number of hydrazine groups is 1. The SMILES string of the molecule is CCOc1ccc(C(=O)NN2C(=O)[C@H]3[C@H](C2=O)[C@H]2C=C[C@H]3C2)cc1. The van der Waals surface area contributed by atoms with Crippen molar-refractivity contribution in [1.82, 2.24) is 10.4 Å². The normalized spacial score (nSPS) is 30.0. The molecule has 0 radical (unpaired) electrons. The van der Waals surface area contributed by atoms with Crippen LogP contribution < -0.4 is 10.2 Å². The Labute approximate surface area is 139 Å². The molecule has 4 rings (SSSR count). The fourth-order valence-electron chi connectivity index (χ4n) is 4.05. The number of hydrogen-bond acceptors (Lipinski definition) is 4. The van der Waals surface area contributed by atoms with Crippen LogP contribution in [0.1, 0.15) is 23.7 Å². The third-order valence-corrected chi connectivity index (χ3v) is 5.11. The number of carbonyl (C=O) groups is 3. The molecule has 6 nitrogen and oxygen atoms in total. The number of allylic oxidation sites excluding steroid dienone is 2. The van der Waals surface area contributed by atoms with Gasteiger partial charge in [-0.1, -0.05) is 12.2 Å². The van der Waals surface area contributed by atoms with Gasteiger partial charge >= 0.3 is 0 Å². The number of ether oxygens (including phenoxy) is 1. The van der Waals surface area contributed by atoms with Crippen molar-refractivity contribution in [2.75, 3.05) is 6.61 Å². The molecule has 2 bridgehead atoms. The highest BCUT2D eigenvalue weighted by Gasteiger charge is 2.59. The summed E-state index contributed by atoms with van der Waals surface area (Å²) >= 11 is 0. The fourth-order valence-corrected chi connectivity index (χ4v) is 4.05. The zero-order valence-electron chi connectivity index (χ0n) is 13.3. The first-order chi connectivity index (χ1) is 11.6. The van der Waals surface area contributed by atoms with Crippen molar-refractivity contribution < 1.29 is 19.1 Å². The maximum Gasteiger partial charge on any atom is 0.270 e. The Hall–Kier alpha value is -2.63. The van der Waals surface area contributed by atoms with Gasteiger partial charge < -0.3 is 4.74 Å². The summed E-state index contributed by atoms with van der Waals surface area (Å²) in [5, 5.41) is 0.917. The van der Waals surface area contributed by atoms with Gasteiger partial charge in [-0.15, -0.1) is 0 Å². The molecule has 2 fully saturated rings. The number of nitrogens with zero attached hydrogens (tertiary/aromatic N) is 1. The molecule has 1 aromatic carbocycles. The van der Waals surface area contributed by atoms with Crippen LogP contribution in [0.5, 0.6) is 5.75 Å². The molecule has 1 N–H and O–H groups in total. The summed E-state index contributed by atoms with van der Waals surface area (Å²) < 4.78 is 5.33. The summed E-state index contributed by atoms with van der Waals surface area (Å²) in [6.07, 6.45) is 4.91. The summed E-state index contributed by atoms with van der Waals surface area (Å²) in [7, 11) is 0. The first-order valence-electron chi connectivity index (χ1n) is 8.20. The topological polar surface area (TPSA) is 75.7 Å². The lowest BCUT2D eigenvalue weighted by molar-refractivity contribution is -0.143. The predicted molar refractivity (Wildman–Crippen MR) is 84.6 cm³/mol. The zero-order valence-corrected chi connectivity index (χ0v) is 13.3. The van der Waals surface area contributed by atoms with Crippen LogP contribution in [0, 0.1) is 23.7 Å². The first kappa shape index (κ1) is 14.9. The van der Waals surface area contributed by atoms with Crippen LogP contribution in [0.2, 0.25) is 0 Å². The van der Waals surface area contributed by atoms with E-state index in [0.717, 1.165) is 11.4 Å². The number of rotatable bonds is 4. The molecule has 1 aromatic rings. The van der Waals surface area contributed by atoms with Crippen LogP contribution in [-0.2, 0) is 9.59 Å². The van der Waals surface area contributed by atoms with Crippen LogP contribution in [0.15, 0.2) is 36.4 Å². The van der Waals surface area contributed by atoms with Gasteiger partial charge in [0.1, 0.15) is 5.75 Å². The van der Waals surface area contributed by atoms with Crippen molar-refractivity contribution in [2.24, 2.45) is 23.7 Å². The number of benzene rings is 1. The quantitative estimate of drug-likeness (QED) is 0.673. The van der Waals surface area contributed by atoms with Gasteiger partial charge in [-0.25, -0.2) is 0 Å². The van der Waals surface area contributed by atoms with Gasteiger partial charge in [0.15, 0.2) is 0 Å². The Bertz CT molecular complexity index is 710. The Morgan fingerprint density at radius 2 is 1.71 bits per heavy atom. The average Bonchev–Trinajstić information content (AvgIpc) is 3.26.